The van der Waals surface area contributed by atoms with Crippen molar-refractivity contribution in [1.82, 2.24) is 24.6 Å². The number of aromatic amines is 1. The lowest BCUT2D eigenvalue weighted by Crippen LogP contribution is -2.10. The van der Waals surface area contributed by atoms with Crippen molar-refractivity contribution < 1.29 is 0 Å². The number of H-pyrrole nitrogens is 1. The quantitative estimate of drug-likeness (QED) is 0.721. The highest BCUT2D eigenvalue weighted by atomic mass is 16.1. The van der Waals surface area contributed by atoms with E-state index < -0.39 is 0 Å². The summed E-state index contributed by atoms with van der Waals surface area (Å²) in [5.74, 6) is 0.648. The van der Waals surface area contributed by atoms with Gasteiger partial charge in [0.2, 0.25) is 0 Å². The second-order valence-corrected chi connectivity index (χ2v) is 4.15. The third-order valence-electron chi connectivity index (χ3n) is 2.71. The molecule has 3 aromatic rings. The normalized spacial score (nSPS) is 10.8. The SMILES string of the molecule is Cc1cccc(CNc2cc3n[nH]c(=O)n3cn2)n1. The van der Waals surface area contributed by atoms with Gasteiger partial charge in [0.05, 0.1) is 12.2 Å². The molecule has 0 atom stereocenters. The number of anilines is 1. The van der Waals surface area contributed by atoms with Gasteiger partial charge < -0.3 is 5.32 Å². The molecule has 3 aromatic heterocycles. The summed E-state index contributed by atoms with van der Waals surface area (Å²) in [5.41, 5.74) is 2.14. The second-order valence-electron chi connectivity index (χ2n) is 4.15. The summed E-state index contributed by atoms with van der Waals surface area (Å²) in [6, 6.07) is 7.55. The molecule has 19 heavy (non-hydrogen) atoms. The molecule has 0 spiro atoms. The summed E-state index contributed by atoms with van der Waals surface area (Å²) < 4.78 is 1.34. The van der Waals surface area contributed by atoms with Crippen LogP contribution in [0.5, 0.6) is 0 Å². The van der Waals surface area contributed by atoms with Crippen LogP contribution in [0.15, 0.2) is 35.4 Å². The first-order valence-corrected chi connectivity index (χ1v) is 5.81. The summed E-state index contributed by atoms with van der Waals surface area (Å²) in [4.78, 5) is 19.8. The maximum atomic E-state index is 11.3. The van der Waals surface area contributed by atoms with Crippen LogP contribution in [-0.4, -0.2) is 24.6 Å². The maximum Gasteiger partial charge on any atom is 0.348 e. The van der Waals surface area contributed by atoms with Crippen molar-refractivity contribution >= 4 is 11.5 Å². The van der Waals surface area contributed by atoms with E-state index >= 15 is 0 Å². The van der Waals surface area contributed by atoms with Gasteiger partial charge in [-0.3, -0.25) is 4.98 Å². The van der Waals surface area contributed by atoms with Gasteiger partial charge in [-0.2, -0.15) is 5.10 Å². The van der Waals surface area contributed by atoms with E-state index in [0.717, 1.165) is 11.4 Å². The molecule has 3 heterocycles. The van der Waals surface area contributed by atoms with Gasteiger partial charge in [0.15, 0.2) is 5.65 Å². The van der Waals surface area contributed by atoms with Crippen LogP contribution in [0, 0.1) is 6.92 Å². The summed E-state index contributed by atoms with van der Waals surface area (Å²) in [7, 11) is 0. The zero-order valence-electron chi connectivity index (χ0n) is 10.3. The molecule has 0 aliphatic carbocycles. The number of nitrogens with zero attached hydrogens (tertiary/aromatic N) is 4. The molecule has 0 fully saturated rings. The maximum absolute atomic E-state index is 11.3. The lowest BCUT2D eigenvalue weighted by Gasteiger charge is -2.05. The smallest absolute Gasteiger partial charge is 0.348 e. The summed E-state index contributed by atoms with van der Waals surface area (Å²) >= 11 is 0. The first kappa shape index (κ1) is 11.4. The van der Waals surface area contributed by atoms with E-state index in [1.807, 2.05) is 25.1 Å². The molecule has 0 bridgehead atoms. The topological polar surface area (TPSA) is 88.0 Å². The number of aromatic nitrogens is 5. The van der Waals surface area contributed by atoms with Crippen LogP contribution in [0.2, 0.25) is 0 Å². The third kappa shape index (κ3) is 2.30. The van der Waals surface area contributed by atoms with Gasteiger partial charge in [0.25, 0.3) is 0 Å². The van der Waals surface area contributed by atoms with Crippen LogP contribution in [0.4, 0.5) is 5.82 Å². The molecule has 0 radical (unpaired) electrons. The number of aryl methyl sites for hydroxylation is 1. The average Bonchev–Trinajstić information content (AvgIpc) is 2.78. The zero-order chi connectivity index (χ0) is 13.2. The van der Waals surface area contributed by atoms with Crippen molar-refractivity contribution in [3.8, 4) is 0 Å². The summed E-state index contributed by atoms with van der Waals surface area (Å²) in [6.45, 7) is 2.52. The molecule has 3 rings (SSSR count). The molecular weight excluding hydrogens is 244 g/mol. The molecular formula is C12H12N6O. The van der Waals surface area contributed by atoms with Crippen LogP contribution in [0.1, 0.15) is 11.4 Å². The van der Waals surface area contributed by atoms with Crippen molar-refractivity contribution in [3.63, 3.8) is 0 Å². The first-order valence-electron chi connectivity index (χ1n) is 5.81. The van der Waals surface area contributed by atoms with E-state index in [1.54, 1.807) is 6.07 Å². The van der Waals surface area contributed by atoms with Gasteiger partial charge in [0.1, 0.15) is 12.1 Å². The van der Waals surface area contributed by atoms with E-state index in [4.69, 9.17) is 0 Å². The van der Waals surface area contributed by atoms with Crippen molar-refractivity contribution in [2.45, 2.75) is 13.5 Å². The van der Waals surface area contributed by atoms with Crippen LogP contribution < -0.4 is 11.0 Å². The van der Waals surface area contributed by atoms with Gasteiger partial charge in [-0.15, -0.1) is 0 Å². The fourth-order valence-corrected chi connectivity index (χ4v) is 1.79. The van der Waals surface area contributed by atoms with Crippen LogP contribution >= 0.6 is 0 Å². The van der Waals surface area contributed by atoms with Crippen molar-refractivity contribution in [1.29, 1.82) is 0 Å². The van der Waals surface area contributed by atoms with E-state index in [9.17, 15) is 4.79 Å². The highest BCUT2D eigenvalue weighted by Gasteiger charge is 2.02. The van der Waals surface area contributed by atoms with Crippen LogP contribution in [-0.2, 0) is 6.54 Å². The number of nitrogens with one attached hydrogen (secondary N) is 2. The van der Waals surface area contributed by atoms with Gasteiger partial charge in [-0.05, 0) is 19.1 Å². The molecule has 2 N–H and O–H groups in total. The predicted octanol–water partition coefficient (Wildman–Crippen LogP) is 0.733. The van der Waals surface area contributed by atoms with Crippen molar-refractivity contribution in [2.24, 2.45) is 0 Å². The molecule has 0 aromatic carbocycles. The number of hydrogen-bond acceptors (Lipinski definition) is 5. The van der Waals surface area contributed by atoms with Crippen molar-refractivity contribution in [2.75, 3.05) is 5.32 Å². The Morgan fingerprint density at radius 1 is 1.42 bits per heavy atom. The molecule has 0 aliphatic rings. The van der Waals surface area contributed by atoms with Crippen LogP contribution in [0.25, 0.3) is 5.65 Å². The monoisotopic (exact) mass is 256 g/mol. The lowest BCUT2D eigenvalue weighted by atomic mass is 10.3. The Morgan fingerprint density at radius 3 is 3.16 bits per heavy atom. The molecule has 0 unspecified atom stereocenters. The Bertz CT molecular complexity index is 775. The summed E-state index contributed by atoms with van der Waals surface area (Å²) in [5, 5.41) is 9.39. The largest absolute Gasteiger partial charge is 0.364 e. The number of rotatable bonds is 3. The van der Waals surface area contributed by atoms with Gasteiger partial charge >= 0.3 is 5.69 Å². The molecule has 0 saturated carbocycles. The fourth-order valence-electron chi connectivity index (χ4n) is 1.79. The Morgan fingerprint density at radius 2 is 2.32 bits per heavy atom. The molecule has 7 nitrogen and oxygen atoms in total. The molecule has 0 amide bonds. The van der Waals surface area contributed by atoms with E-state index in [-0.39, 0.29) is 5.69 Å². The Kier molecular flexibility index (Phi) is 2.71. The Labute approximate surface area is 108 Å². The highest BCUT2D eigenvalue weighted by Crippen LogP contribution is 2.06. The van der Waals surface area contributed by atoms with Crippen LogP contribution in [0.3, 0.4) is 0 Å². The van der Waals surface area contributed by atoms with Gasteiger partial charge in [0, 0.05) is 11.8 Å². The number of fused-ring (bicyclic) bond motifs is 1. The van der Waals surface area contributed by atoms with Crippen molar-refractivity contribution in [3.05, 3.63) is 52.5 Å². The fraction of sp³-hybridized carbons (Fsp3) is 0.167. The lowest BCUT2D eigenvalue weighted by molar-refractivity contribution is 0.975. The first-order chi connectivity index (χ1) is 9.22. The average molecular weight is 256 g/mol. The number of pyridine rings is 1. The second kappa shape index (κ2) is 4.52. The highest BCUT2D eigenvalue weighted by molar-refractivity contribution is 5.48. The zero-order valence-corrected chi connectivity index (χ0v) is 10.3. The summed E-state index contributed by atoms with van der Waals surface area (Å²) in [6.07, 6.45) is 1.44. The van der Waals surface area contributed by atoms with Gasteiger partial charge in [-0.1, -0.05) is 6.07 Å². The molecule has 0 aliphatic heterocycles. The van der Waals surface area contributed by atoms with E-state index in [2.05, 4.69) is 25.5 Å². The Hall–Kier alpha value is -2.70. The van der Waals surface area contributed by atoms with Gasteiger partial charge in [-0.25, -0.2) is 19.3 Å². The molecule has 0 saturated heterocycles. The predicted molar refractivity (Wildman–Crippen MR) is 69.9 cm³/mol. The molecule has 7 heteroatoms. The minimum atomic E-state index is -0.297. The van der Waals surface area contributed by atoms with E-state index in [0.29, 0.717) is 18.0 Å². The molecule has 96 valence electrons. The van der Waals surface area contributed by atoms with E-state index in [1.165, 1.54) is 10.7 Å². The third-order valence-corrected chi connectivity index (χ3v) is 2.71. The standard InChI is InChI=1S/C12H12N6O/c1-8-3-2-4-9(15-8)6-13-10-5-11-16-17-12(19)18(11)7-14-10/h2-5,7,13H,6H2,1H3,(H,17,19). The minimum absolute atomic E-state index is 0.297. The minimum Gasteiger partial charge on any atom is -0.364 e. The number of hydrogen-bond donors (Lipinski definition) is 2. The Balaban J connectivity index is 1.80.